The Labute approximate surface area is 177 Å². The highest BCUT2D eigenvalue weighted by atomic mass is 127. The first-order valence-electron chi connectivity index (χ1n) is 10.1. The second-order valence-electron chi connectivity index (χ2n) is 6.89. The van der Waals surface area contributed by atoms with Crippen molar-refractivity contribution in [2.24, 2.45) is 4.99 Å². The van der Waals surface area contributed by atoms with Crippen LogP contribution in [0, 0.1) is 0 Å². The number of aliphatic imine (C=N–C) groups is 1. The fourth-order valence-electron chi connectivity index (χ4n) is 3.13. The lowest BCUT2D eigenvalue weighted by atomic mass is 10.1. The van der Waals surface area contributed by atoms with Gasteiger partial charge < -0.3 is 15.5 Å². The van der Waals surface area contributed by atoms with Crippen LogP contribution >= 0.6 is 24.0 Å². The van der Waals surface area contributed by atoms with Gasteiger partial charge in [-0.3, -0.25) is 14.7 Å². The summed E-state index contributed by atoms with van der Waals surface area (Å²) in [5, 5.41) is 6.78. The molecule has 0 unspecified atom stereocenters. The largest absolute Gasteiger partial charge is 0.356 e. The van der Waals surface area contributed by atoms with E-state index < -0.39 is 0 Å². The van der Waals surface area contributed by atoms with Crippen molar-refractivity contribution >= 4 is 35.8 Å². The summed E-state index contributed by atoms with van der Waals surface area (Å²) < 4.78 is 0. The molecule has 0 spiro atoms. The zero-order valence-corrected chi connectivity index (χ0v) is 19.4. The molecule has 1 rings (SSSR count). The Bertz CT molecular complexity index is 384. The Morgan fingerprint density at radius 2 is 1.50 bits per heavy atom. The predicted molar refractivity (Wildman–Crippen MR) is 121 cm³/mol. The maximum Gasteiger partial charge on any atom is 0.219 e. The summed E-state index contributed by atoms with van der Waals surface area (Å²) in [6.07, 6.45) is 9.30. The van der Waals surface area contributed by atoms with Crippen LogP contribution in [0.15, 0.2) is 4.99 Å². The molecule has 1 amide bonds. The molecule has 1 aliphatic rings. The van der Waals surface area contributed by atoms with Crippen molar-refractivity contribution in [3.63, 3.8) is 0 Å². The summed E-state index contributed by atoms with van der Waals surface area (Å²) in [7, 11) is 1.83. The lowest BCUT2D eigenvalue weighted by Gasteiger charge is -2.34. The van der Waals surface area contributed by atoms with Crippen molar-refractivity contribution in [2.75, 3.05) is 52.9 Å². The molecule has 0 bridgehead atoms. The van der Waals surface area contributed by atoms with Crippen molar-refractivity contribution in [2.45, 2.75) is 58.8 Å². The molecule has 1 fully saturated rings. The fourth-order valence-corrected chi connectivity index (χ4v) is 3.13. The number of piperazine rings is 1. The molecule has 2 N–H and O–H groups in total. The number of rotatable bonds is 11. The number of unbranched alkanes of at least 4 members (excludes halogenated alkanes) is 6. The summed E-state index contributed by atoms with van der Waals surface area (Å²) in [5.74, 6) is 1.08. The van der Waals surface area contributed by atoms with E-state index in [-0.39, 0.29) is 29.9 Å². The van der Waals surface area contributed by atoms with Gasteiger partial charge in [-0.1, -0.05) is 45.4 Å². The Morgan fingerprint density at radius 1 is 0.923 bits per heavy atom. The van der Waals surface area contributed by atoms with E-state index in [4.69, 9.17) is 0 Å². The van der Waals surface area contributed by atoms with Crippen molar-refractivity contribution in [3.8, 4) is 0 Å². The normalized spacial score (nSPS) is 15.5. The summed E-state index contributed by atoms with van der Waals surface area (Å²) in [6.45, 7) is 10.4. The lowest BCUT2D eigenvalue weighted by Crippen LogP contribution is -2.50. The van der Waals surface area contributed by atoms with Gasteiger partial charge in [-0.15, -0.1) is 24.0 Å². The number of nitrogens with one attached hydrogen (secondary N) is 2. The standard InChI is InChI=1S/C19H39N5O.HI/c1-4-5-6-7-8-9-10-11-21-19(20-3)22-12-13-23-14-16-24(17-15-23)18(2)25;/h4-17H2,1-3H3,(H2,20,21,22);1H. The third-order valence-corrected chi connectivity index (χ3v) is 4.83. The number of halogens is 1. The lowest BCUT2D eigenvalue weighted by molar-refractivity contribution is -0.130. The van der Waals surface area contributed by atoms with Gasteiger partial charge >= 0.3 is 0 Å². The average molecular weight is 481 g/mol. The van der Waals surface area contributed by atoms with Crippen molar-refractivity contribution in [1.29, 1.82) is 0 Å². The molecule has 0 aliphatic carbocycles. The minimum Gasteiger partial charge on any atom is -0.356 e. The zero-order chi connectivity index (χ0) is 18.3. The van der Waals surface area contributed by atoms with E-state index in [1.165, 1.54) is 44.9 Å². The average Bonchev–Trinajstić information content (AvgIpc) is 2.62. The van der Waals surface area contributed by atoms with Crippen LogP contribution < -0.4 is 10.6 Å². The van der Waals surface area contributed by atoms with Crippen LogP contribution in [0.5, 0.6) is 0 Å². The number of amides is 1. The summed E-state index contributed by atoms with van der Waals surface area (Å²) >= 11 is 0. The summed E-state index contributed by atoms with van der Waals surface area (Å²) in [6, 6.07) is 0. The van der Waals surface area contributed by atoms with Crippen LogP contribution in [-0.4, -0.2) is 74.5 Å². The molecule has 0 atom stereocenters. The Hall–Kier alpha value is -0.570. The second-order valence-corrected chi connectivity index (χ2v) is 6.89. The minimum absolute atomic E-state index is 0. The van der Waals surface area contributed by atoms with Gasteiger partial charge in [0.1, 0.15) is 0 Å². The molecule has 1 heterocycles. The zero-order valence-electron chi connectivity index (χ0n) is 17.1. The molecule has 1 saturated heterocycles. The predicted octanol–water partition coefficient (Wildman–Crippen LogP) is 2.68. The topological polar surface area (TPSA) is 60.0 Å². The molecule has 0 saturated carbocycles. The van der Waals surface area contributed by atoms with Gasteiger partial charge in [0.15, 0.2) is 5.96 Å². The number of guanidine groups is 1. The molecule has 0 aromatic carbocycles. The van der Waals surface area contributed by atoms with Gasteiger partial charge in [0, 0.05) is 59.8 Å². The highest BCUT2D eigenvalue weighted by molar-refractivity contribution is 14.0. The second kappa shape index (κ2) is 16.6. The third kappa shape index (κ3) is 11.9. The van der Waals surface area contributed by atoms with Gasteiger partial charge in [-0.05, 0) is 6.42 Å². The number of hydrogen-bond donors (Lipinski definition) is 2. The monoisotopic (exact) mass is 481 g/mol. The first-order valence-corrected chi connectivity index (χ1v) is 10.1. The maximum absolute atomic E-state index is 11.3. The maximum atomic E-state index is 11.3. The summed E-state index contributed by atoms with van der Waals surface area (Å²) in [4.78, 5) is 19.9. The van der Waals surface area contributed by atoms with Crippen LogP contribution in [0.25, 0.3) is 0 Å². The first kappa shape index (κ1) is 25.4. The van der Waals surface area contributed by atoms with Gasteiger partial charge in [-0.2, -0.15) is 0 Å². The fraction of sp³-hybridized carbons (Fsp3) is 0.895. The summed E-state index contributed by atoms with van der Waals surface area (Å²) in [5.41, 5.74) is 0. The number of carbonyl (C=O) groups excluding carboxylic acids is 1. The highest BCUT2D eigenvalue weighted by Gasteiger charge is 2.17. The highest BCUT2D eigenvalue weighted by Crippen LogP contribution is 2.06. The number of hydrogen-bond acceptors (Lipinski definition) is 3. The smallest absolute Gasteiger partial charge is 0.219 e. The molecule has 6 nitrogen and oxygen atoms in total. The van der Waals surface area contributed by atoms with Gasteiger partial charge in [0.05, 0.1) is 0 Å². The van der Waals surface area contributed by atoms with Crippen molar-refractivity contribution < 1.29 is 4.79 Å². The van der Waals surface area contributed by atoms with E-state index in [9.17, 15) is 4.79 Å². The molecular weight excluding hydrogens is 441 g/mol. The minimum atomic E-state index is 0. The van der Waals surface area contributed by atoms with Crippen LogP contribution in [0.2, 0.25) is 0 Å². The van der Waals surface area contributed by atoms with Crippen LogP contribution in [0.1, 0.15) is 58.8 Å². The van der Waals surface area contributed by atoms with Gasteiger partial charge in [0.2, 0.25) is 5.91 Å². The molecule has 0 radical (unpaired) electrons. The molecule has 154 valence electrons. The van der Waals surface area contributed by atoms with Gasteiger partial charge in [-0.25, -0.2) is 0 Å². The Morgan fingerprint density at radius 3 is 2.08 bits per heavy atom. The van der Waals surface area contributed by atoms with E-state index in [2.05, 4.69) is 27.4 Å². The van der Waals surface area contributed by atoms with Gasteiger partial charge in [0.25, 0.3) is 0 Å². The Kier molecular flexibility index (Phi) is 16.2. The van der Waals surface area contributed by atoms with Crippen LogP contribution in [0.3, 0.4) is 0 Å². The molecule has 7 heteroatoms. The quantitative estimate of drug-likeness (QED) is 0.206. The Balaban J connectivity index is 0.00000625. The molecular formula is C19H40IN5O. The number of nitrogens with zero attached hydrogens (tertiary/aromatic N) is 3. The number of carbonyl (C=O) groups is 1. The van der Waals surface area contributed by atoms with Crippen molar-refractivity contribution in [3.05, 3.63) is 0 Å². The molecule has 26 heavy (non-hydrogen) atoms. The molecule has 1 aliphatic heterocycles. The van der Waals surface area contributed by atoms with E-state index in [1.54, 1.807) is 6.92 Å². The first-order chi connectivity index (χ1) is 12.2. The van der Waals surface area contributed by atoms with E-state index >= 15 is 0 Å². The van der Waals surface area contributed by atoms with Crippen LogP contribution in [-0.2, 0) is 4.79 Å². The van der Waals surface area contributed by atoms with E-state index in [0.29, 0.717) is 0 Å². The van der Waals surface area contributed by atoms with E-state index in [1.807, 2.05) is 11.9 Å². The van der Waals surface area contributed by atoms with Crippen molar-refractivity contribution in [1.82, 2.24) is 20.4 Å². The van der Waals surface area contributed by atoms with E-state index in [0.717, 1.165) is 51.8 Å². The van der Waals surface area contributed by atoms with Crippen LogP contribution in [0.4, 0.5) is 0 Å². The SMILES string of the molecule is CCCCCCCCCNC(=NC)NCCN1CCN(C(C)=O)CC1.I. The molecule has 0 aromatic rings. The molecule has 0 aromatic heterocycles. The third-order valence-electron chi connectivity index (χ3n) is 4.83.